The van der Waals surface area contributed by atoms with Crippen LogP contribution in [0.5, 0.6) is 0 Å². The van der Waals surface area contributed by atoms with Gasteiger partial charge in [-0.2, -0.15) is 0 Å². The number of fused-ring (bicyclic) bond motifs is 1. The van der Waals surface area contributed by atoms with E-state index >= 15 is 0 Å². The third-order valence-electron chi connectivity index (χ3n) is 2.21. The molecular formula is C10H9N3O3. The van der Waals surface area contributed by atoms with Crippen molar-refractivity contribution < 1.29 is 14.4 Å². The van der Waals surface area contributed by atoms with Crippen molar-refractivity contribution >= 4 is 23.4 Å². The zero-order valence-corrected chi connectivity index (χ0v) is 8.24. The van der Waals surface area contributed by atoms with Gasteiger partial charge >= 0.3 is 0 Å². The molecule has 1 aromatic rings. The van der Waals surface area contributed by atoms with Gasteiger partial charge in [0.1, 0.15) is 0 Å². The molecule has 0 bridgehead atoms. The van der Waals surface area contributed by atoms with Crippen LogP contribution < -0.4 is 16.4 Å². The van der Waals surface area contributed by atoms with Crippen LogP contribution in [0.15, 0.2) is 18.2 Å². The van der Waals surface area contributed by atoms with Gasteiger partial charge in [-0.3, -0.25) is 19.7 Å². The molecule has 0 aliphatic carbocycles. The number of imide groups is 1. The SMILES string of the molecule is NCC(=O)Nc1ccc2c(c1)C(=O)NC2=O. The third kappa shape index (κ3) is 1.66. The summed E-state index contributed by atoms with van der Waals surface area (Å²) in [6, 6.07) is 4.48. The van der Waals surface area contributed by atoms with Crippen molar-refractivity contribution in [3.05, 3.63) is 29.3 Å². The van der Waals surface area contributed by atoms with E-state index in [-0.39, 0.29) is 18.0 Å². The number of amides is 3. The lowest BCUT2D eigenvalue weighted by atomic mass is 10.1. The maximum atomic E-state index is 11.3. The van der Waals surface area contributed by atoms with E-state index in [4.69, 9.17) is 5.73 Å². The van der Waals surface area contributed by atoms with Crippen LogP contribution in [0.2, 0.25) is 0 Å². The lowest BCUT2D eigenvalue weighted by molar-refractivity contribution is -0.114. The minimum absolute atomic E-state index is 0.137. The highest BCUT2D eigenvalue weighted by Crippen LogP contribution is 2.19. The van der Waals surface area contributed by atoms with Gasteiger partial charge in [0.25, 0.3) is 11.8 Å². The summed E-state index contributed by atoms with van der Waals surface area (Å²) < 4.78 is 0. The molecule has 0 saturated heterocycles. The Morgan fingerprint density at radius 2 is 1.94 bits per heavy atom. The molecule has 1 heterocycles. The molecule has 0 atom stereocenters. The lowest BCUT2D eigenvalue weighted by Gasteiger charge is -2.03. The number of nitrogens with two attached hydrogens (primary N) is 1. The van der Waals surface area contributed by atoms with Crippen LogP contribution in [0, 0.1) is 0 Å². The molecule has 1 aliphatic rings. The predicted molar refractivity (Wildman–Crippen MR) is 55.9 cm³/mol. The van der Waals surface area contributed by atoms with Crippen molar-refractivity contribution in [2.24, 2.45) is 5.73 Å². The molecule has 6 heteroatoms. The maximum Gasteiger partial charge on any atom is 0.259 e. The first-order valence-electron chi connectivity index (χ1n) is 4.61. The largest absolute Gasteiger partial charge is 0.325 e. The summed E-state index contributed by atoms with van der Waals surface area (Å²) in [5.74, 6) is -1.23. The number of carbonyl (C=O) groups excluding carboxylic acids is 3. The summed E-state index contributed by atoms with van der Waals surface area (Å²) in [5.41, 5.74) is 6.16. The Morgan fingerprint density at radius 3 is 2.62 bits per heavy atom. The molecule has 6 nitrogen and oxygen atoms in total. The van der Waals surface area contributed by atoms with Crippen LogP contribution in [-0.2, 0) is 4.79 Å². The van der Waals surface area contributed by atoms with Crippen LogP contribution in [0.3, 0.4) is 0 Å². The molecule has 0 saturated carbocycles. The number of benzene rings is 1. The van der Waals surface area contributed by atoms with Gasteiger partial charge in [0.2, 0.25) is 5.91 Å². The van der Waals surface area contributed by atoms with Gasteiger partial charge in [-0.15, -0.1) is 0 Å². The number of hydrogen-bond donors (Lipinski definition) is 3. The Kier molecular flexibility index (Phi) is 2.41. The molecule has 0 unspecified atom stereocenters. The minimum atomic E-state index is -0.455. The molecule has 3 amide bonds. The second-order valence-corrected chi connectivity index (χ2v) is 3.30. The van der Waals surface area contributed by atoms with Crippen LogP contribution in [0.25, 0.3) is 0 Å². The van der Waals surface area contributed by atoms with Crippen molar-refractivity contribution in [1.29, 1.82) is 0 Å². The smallest absolute Gasteiger partial charge is 0.259 e. The normalized spacial score (nSPS) is 13.3. The molecule has 4 N–H and O–H groups in total. The first-order chi connectivity index (χ1) is 7.61. The lowest BCUT2D eigenvalue weighted by Crippen LogP contribution is -2.22. The molecule has 0 spiro atoms. The zero-order valence-electron chi connectivity index (χ0n) is 8.24. The molecule has 0 fully saturated rings. The quantitative estimate of drug-likeness (QED) is 0.582. The predicted octanol–water partition coefficient (Wildman–Crippen LogP) is -0.533. The molecule has 2 rings (SSSR count). The van der Waals surface area contributed by atoms with Gasteiger partial charge in [0.15, 0.2) is 0 Å². The standard InChI is InChI=1S/C10H9N3O3/c11-4-8(14)12-5-1-2-6-7(3-5)10(16)13-9(6)15/h1-3H,4,11H2,(H,12,14)(H,13,15,16). The molecule has 16 heavy (non-hydrogen) atoms. The van der Waals surface area contributed by atoms with Gasteiger partial charge in [-0.25, -0.2) is 0 Å². The molecule has 82 valence electrons. The fourth-order valence-corrected chi connectivity index (χ4v) is 1.46. The van der Waals surface area contributed by atoms with E-state index in [1.807, 2.05) is 0 Å². The molecule has 1 aliphatic heterocycles. The third-order valence-corrected chi connectivity index (χ3v) is 2.21. The van der Waals surface area contributed by atoms with Crippen LogP contribution in [0.4, 0.5) is 5.69 Å². The zero-order chi connectivity index (χ0) is 11.7. The van der Waals surface area contributed by atoms with Crippen molar-refractivity contribution in [3.63, 3.8) is 0 Å². The molecule has 0 radical (unpaired) electrons. The summed E-state index contributed by atoms with van der Waals surface area (Å²) in [6.07, 6.45) is 0. The van der Waals surface area contributed by atoms with E-state index < -0.39 is 11.8 Å². The number of rotatable bonds is 2. The Balaban J connectivity index is 2.33. The highest BCUT2D eigenvalue weighted by atomic mass is 16.2. The van der Waals surface area contributed by atoms with E-state index in [1.165, 1.54) is 12.1 Å². The number of hydrogen-bond acceptors (Lipinski definition) is 4. The van der Waals surface area contributed by atoms with Crippen LogP contribution >= 0.6 is 0 Å². The molecular weight excluding hydrogens is 210 g/mol. The second-order valence-electron chi connectivity index (χ2n) is 3.30. The fraction of sp³-hybridized carbons (Fsp3) is 0.100. The van der Waals surface area contributed by atoms with Gasteiger partial charge in [0, 0.05) is 5.69 Å². The van der Waals surface area contributed by atoms with E-state index in [0.717, 1.165) is 0 Å². The summed E-state index contributed by atoms with van der Waals surface area (Å²) in [4.78, 5) is 33.6. The number of carbonyl (C=O) groups is 3. The van der Waals surface area contributed by atoms with Crippen molar-refractivity contribution in [2.45, 2.75) is 0 Å². The average molecular weight is 219 g/mol. The minimum Gasteiger partial charge on any atom is -0.325 e. The molecule has 0 aromatic heterocycles. The first kappa shape index (κ1) is 10.3. The fourth-order valence-electron chi connectivity index (χ4n) is 1.46. The van der Waals surface area contributed by atoms with Crippen molar-refractivity contribution in [1.82, 2.24) is 5.32 Å². The number of anilines is 1. The van der Waals surface area contributed by atoms with E-state index in [2.05, 4.69) is 10.6 Å². The van der Waals surface area contributed by atoms with Gasteiger partial charge in [-0.05, 0) is 18.2 Å². The summed E-state index contributed by atoms with van der Waals surface area (Å²) in [7, 11) is 0. The van der Waals surface area contributed by atoms with Gasteiger partial charge < -0.3 is 11.1 Å². The highest BCUT2D eigenvalue weighted by Gasteiger charge is 2.26. The Hall–Kier alpha value is -2.21. The van der Waals surface area contributed by atoms with Gasteiger partial charge in [0.05, 0.1) is 17.7 Å². The molecule has 1 aromatic carbocycles. The highest BCUT2D eigenvalue weighted by molar-refractivity contribution is 6.22. The van der Waals surface area contributed by atoms with Crippen molar-refractivity contribution in [2.75, 3.05) is 11.9 Å². The Bertz CT molecular complexity index is 496. The topological polar surface area (TPSA) is 101 Å². The Labute approximate surface area is 90.8 Å². The summed E-state index contributed by atoms with van der Waals surface area (Å²) >= 11 is 0. The first-order valence-corrected chi connectivity index (χ1v) is 4.61. The van der Waals surface area contributed by atoms with E-state index in [1.54, 1.807) is 6.07 Å². The van der Waals surface area contributed by atoms with Crippen molar-refractivity contribution in [3.8, 4) is 0 Å². The van der Waals surface area contributed by atoms with Crippen LogP contribution in [0.1, 0.15) is 20.7 Å². The second kappa shape index (κ2) is 3.74. The summed E-state index contributed by atoms with van der Waals surface area (Å²) in [5, 5.41) is 4.66. The van der Waals surface area contributed by atoms with E-state index in [9.17, 15) is 14.4 Å². The summed E-state index contributed by atoms with van der Waals surface area (Å²) in [6.45, 7) is -0.137. The Morgan fingerprint density at radius 1 is 1.25 bits per heavy atom. The maximum absolute atomic E-state index is 11.3. The monoisotopic (exact) mass is 219 g/mol. The number of nitrogens with one attached hydrogen (secondary N) is 2. The average Bonchev–Trinajstić information content (AvgIpc) is 2.54. The van der Waals surface area contributed by atoms with E-state index in [0.29, 0.717) is 11.3 Å². The van der Waals surface area contributed by atoms with Crippen LogP contribution in [-0.4, -0.2) is 24.3 Å². The van der Waals surface area contributed by atoms with Gasteiger partial charge in [-0.1, -0.05) is 0 Å².